The lowest BCUT2D eigenvalue weighted by atomic mass is 9.86. The topological polar surface area (TPSA) is 48.5 Å². The molecule has 5 heteroatoms. The van der Waals surface area contributed by atoms with Crippen LogP contribution in [0.1, 0.15) is 37.4 Å². The second-order valence-electron chi connectivity index (χ2n) is 6.97. The summed E-state index contributed by atoms with van der Waals surface area (Å²) in [7, 11) is 2.21. The zero-order valence-corrected chi connectivity index (χ0v) is 14.3. The van der Waals surface area contributed by atoms with E-state index in [2.05, 4.69) is 46.2 Å². The van der Waals surface area contributed by atoms with Crippen molar-refractivity contribution < 1.29 is 4.79 Å². The van der Waals surface area contributed by atoms with Crippen molar-refractivity contribution in [2.24, 2.45) is 0 Å². The summed E-state index contributed by atoms with van der Waals surface area (Å²) >= 11 is 0. The molecule has 1 amide bonds. The van der Waals surface area contributed by atoms with Gasteiger partial charge in [-0.3, -0.25) is 19.6 Å². The molecule has 5 nitrogen and oxygen atoms in total. The number of piperazine rings is 1. The summed E-state index contributed by atoms with van der Waals surface area (Å²) in [5, 5.41) is 3.02. The van der Waals surface area contributed by atoms with Crippen LogP contribution in [0.25, 0.3) is 0 Å². The molecule has 126 valence electrons. The zero-order valence-electron chi connectivity index (χ0n) is 14.3. The third-order valence-corrected chi connectivity index (χ3v) is 5.49. The molecule has 2 aliphatic rings. The van der Waals surface area contributed by atoms with Crippen molar-refractivity contribution in [2.75, 3.05) is 33.2 Å². The van der Waals surface area contributed by atoms with Gasteiger partial charge in [0.15, 0.2) is 0 Å². The number of amides is 1. The first-order valence-electron chi connectivity index (χ1n) is 8.75. The predicted molar refractivity (Wildman–Crippen MR) is 91.1 cm³/mol. The number of carbonyl (C=O) groups is 1. The monoisotopic (exact) mass is 316 g/mol. The maximum absolute atomic E-state index is 11.7. The summed E-state index contributed by atoms with van der Waals surface area (Å²) in [5.74, 6) is 0.198. The van der Waals surface area contributed by atoms with Crippen LogP contribution >= 0.6 is 0 Å². The number of nitrogens with one attached hydrogen (secondary N) is 1. The van der Waals surface area contributed by atoms with E-state index in [4.69, 9.17) is 0 Å². The van der Waals surface area contributed by atoms with Crippen molar-refractivity contribution in [3.8, 4) is 0 Å². The molecule has 1 spiro atoms. The van der Waals surface area contributed by atoms with E-state index in [9.17, 15) is 4.79 Å². The highest BCUT2D eigenvalue weighted by molar-refractivity contribution is 5.76. The molecular formula is C18H28N4O. The number of carbonyl (C=O) groups excluding carboxylic acids is 1. The first-order valence-corrected chi connectivity index (χ1v) is 8.75. The van der Waals surface area contributed by atoms with E-state index in [1.54, 1.807) is 0 Å². The Morgan fingerprint density at radius 1 is 1.30 bits per heavy atom. The number of nitrogens with zero attached hydrogens (tertiary/aromatic N) is 3. The van der Waals surface area contributed by atoms with Gasteiger partial charge in [0.1, 0.15) is 0 Å². The summed E-state index contributed by atoms with van der Waals surface area (Å²) in [6.45, 7) is 7.00. The number of likely N-dealkylation sites (N-methyl/N-ethyl adjacent to an activating group) is 1. The minimum atomic E-state index is 0.126. The number of pyridine rings is 1. The standard InChI is InChI=1S/C18H28N4O/c1-3-15-4-5-16(20-12-15)13-22-11-10-21(2)18(14-22)7-6-17(23)19-9-8-18/h4-5,12H,3,6-11,13-14H2,1-2H3,(H,19,23)/t18-/m1/s1. The van der Waals surface area contributed by atoms with Gasteiger partial charge in [0.05, 0.1) is 5.69 Å². The third-order valence-electron chi connectivity index (χ3n) is 5.49. The van der Waals surface area contributed by atoms with Crippen LogP contribution in [0.15, 0.2) is 18.3 Å². The molecular weight excluding hydrogens is 288 g/mol. The molecule has 0 unspecified atom stereocenters. The lowest BCUT2D eigenvalue weighted by Gasteiger charge is -2.49. The molecule has 2 saturated heterocycles. The summed E-state index contributed by atoms with van der Waals surface area (Å²) in [5.41, 5.74) is 2.56. The molecule has 0 aliphatic carbocycles. The van der Waals surface area contributed by atoms with E-state index in [0.29, 0.717) is 6.42 Å². The Hall–Kier alpha value is -1.46. The molecule has 0 saturated carbocycles. The molecule has 0 bridgehead atoms. The maximum Gasteiger partial charge on any atom is 0.220 e. The quantitative estimate of drug-likeness (QED) is 0.916. The second-order valence-corrected chi connectivity index (χ2v) is 6.97. The van der Waals surface area contributed by atoms with E-state index < -0.39 is 0 Å². The number of rotatable bonds is 3. The van der Waals surface area contributed by atoms with Crippen LogP contribution in [0.3, 0.4) is 0 Å². The van der Waals surface area contributed by atoms with Crippen LogP contribution in [0.2, 0.25) is 0 Å². The Bertz CT molecular complexity index is 544. The Morgan fingerprint density at radius 3 is 2.91 bits per heavy atom. The van der Waals surface area contributed by atoms with Crippen molar-refractivity contribution in [1.82, 2.24) is 20.1 Å². The van der Waals surface area contributed by atoms with Gasteiger partial charge in [-0.2, -0.15) is 0 Å². The Balaban J connectivity index is 1.68. The van der Waals surface area contributed by atoms with Gasteiger partial charge in [-0.15, -0.1) is 0 Å². The van der Waals surface area contributed by atoms with Gasteiger partial charge in [0.25, 0.3) is 0 Å². The lowest BCUT2D eigenvalue weighted by molar-refractivity contribution is -0.121. The van der Waals surface area contributed by atoms with E-state index in [0.717, 1.165) is 57.7 Å². The normalized spacial score (nSPS) is 27.0. The summed E-state index contributed by atoms with van der Waals surface area (Å²) in [6, 6.07) is 4.34. The smallest absolute Gasteiger partial charge is 0.220 e. The molecule has 1 aromatic heterocycles. The van der Waals surface area contributed by atoms with Crippen LogP contribution in [-0.2, 0) is 17.8 Å². The molecule has 3 heterocycles. The second kappa shape index (κ2) is 6.97. The lowest BCUT2D eigenvalue weighted by Crippen LogP contribution is -2.60. The first-order chi connectivity index (χ1) is 11.1. The third kappa shape index (κ3) is 3.72. The average Bonchev–Trinajstić information content (AvgIpc) is 2.75. The average molecular weight is 316 g/mol. The van der Waals surface area contributed by atoms with E-state index >= 15 is 0 Å². The first kappa shape index (κ1) is 16.4. The number of hydrogen-bond acceptors (Lipinski definition) is 4. The molecule has 1 aromatic rings. The van der Waals surface area contributed by atoms with Gasteiger partial charge in [-0.25, -0.2) is 0 Å². The van der Waals surface area contributed by atoms with E-state index in [1.165, 1.54) is 5.56 Å². The van der Waals surface area contributed by atoms with Crippen LogP contribution in [0.5, 0.6) is 0 Å². The van der Waals surface area contributed by atoms with Crippen LogP contribution in [-0.4, -0.2) is 59.5 Å². The maximum atomic E-state index is 11.7. The molecule has 1 atom stereocenters. The number of hydrogen-bond donors (Lipinski definition) is 1. The Kier molecular flexibility index (Phi) is 4.97. The molecule has 1 N–H and O–H groups in total. The largest absolute Gasteiger partial charge is 0.356 e. The fourth-order valence-corrected chi connectivity index (χ4v) is 3.80. The van der Waals surface area contributed by atoms with Gasteiger partial charge in [-0.1, -0.05) is 13.0 Å². The highest BCUT2D eigenvalue weighted by Gasteiger charge is 2.40. The van der Waals surface area contributed by atoms with Crippen LogP contribution in [0, 0.1) is 0 Å². The van der Waals surface area contributed by atoms with Gasteiger partial charge in [-0.05, 0) is 37.9 Å². The van der Waals surface area contributed by atoms with Crippen molar-refractivity contribution >= 4 is 5.91 Å². The zero-order chi connectivity index (χ0) is 16.3. The number of aromatic nitrogens is 1. The summed E-state index contributed by atoms with van der Waals surface area (Å²) in [6.07, 6.45) is 5.66. The van der Waals surface area contributed by atoms with Crippen LogP contribution < -0.4 is 5.32 Å². The van der Waals surface area contributed by atoms with Gasteiger partial charge in [0.2, 0.25) is 5.91 Å². The van der Waals surface area contributed by atoms with Crippen molar-refractivity contribution in [2.45, 2.75) is 44.7 Å². The molecule has 23 heavy (non-hydrogen) atoms. The summed E-state index contributed by atoms with van der Waals surface area (Å²) < 4.78 is 0. The predicted octanol–water partition coefficient (Wildman–Crippen LogP) is 1.43. The van der Waals surface area contributed by atoms with Gasteiger partial charge >= 0.3 is 0 Å². The van der Waals surface area contributed by atoms with Crippen LogP contribution in [0.4, 0.5) is 0 Å². The molecule has 0 aromatic carbocycles. The minimum Gasteiger partial charge on any atom is -0.356 e. The fraction of sp³-hybridized carbons (Fsp3) is 0.667. The molecule has 2 fully saturated rings. The van der Waals surface area contributed by atoms with Crippen molar-refractivity contribution in [3.63, 3.8) is 0 Å². The minimum absolute atomic E-state index is 0.126. The molecule has 0 radical (unpaired) electrons. The highest BCUT2D eigenvalue weighted by Crippen LogP contribution is 2.30. The van der Waals surface area contributed by atoms with E-state index in [1.807, 2.05) is 6.20 Å². The Morgan fingerprint density at radius 2 is 2.17 bits per heavy atom. The highest BCUT2D eigenvalue weighted by atomic mass is 16.1. The number of aryl methyl sites for hydroxylation is 1. The fourth-order valence-electron chi connectivity index (χ4n) is 3.80. The van der Waals surface area contributed by atoms with E-state index in [-0.39, 0.29) is 11.4 Å². The molecule has 3 rings (SSSR count). The SMILES string of the molecule is CCc1ccc(CN2CCN(C)[C@]3(CCNC(=O)CC3)C2)nc1. The van der Waals surface area contributed by atoms with Crippen molar-refractivity contribution in [1.29, 1.82) is 0 Å². The van der Waals surface area contributed by atoms with Gasteiger partial charge in [0, 0.05) is 50.9 Å². The Labute approximate surface area is 139 Å². The molecule has 2 aliphatic heterocycles. The van der Waals surface area contributed by atoms with Gasteiger partial charge < -0.3 is 5.32 Å². The van der Waals surface area contributed by atoms with Crippen molar-refractivity contribution in [3.05, 3.63) is 29.6 Å². The summed E-state index contributed by atoms with van der Waals surface area (Å²) in [4.78, 5) is 21.3.